The van der Waals surface area contributed by atoms with Crippen molar-refractivity contribution >= 4 is 29.2 Å². The van der Waals surface area contributed by atoms with Gasteiger partial charge in [0.25, 0.3) is 0 Å². The smallest absolute Gasteiger partial charge is 0.317 e. The number of amides is 2. The molecule has 1 heterocycles. The molecule has 1 aromatic rings. The van der Waals surface area contributed by atoms with Crippen LogP contribution in [0.15, 0.2) is 12.1 Å². The molecule has 0 saturated carbocycles. The number of nitrogens with one attached hydrogen (secondary N) is 1. The first kappa shape index (κ1) is 15.4. The molecular weight excluding hydrogens is 297 g/mol. The molecule has 0 aliphatic carbocycles. The highest BCUT2D eigenvalue weighted by atomic mass is 35.5. The van der Waals surface area contributed by atoms with Crippen molar-refractivity contribution in [2.75, 3.05) is 33.2 Å². The number of carbonyl (C=O) groups excluding carboxylic acids is 1. The summed E-state index contributed by atoms with van der Waals surface area (Å²) in [5.41, 5.74) is 1.90. The number of halogens is 2. The molecule has 0 radical (unpaired) electrons. The number of carbonyl (C=O) groups is 1. The molecule has 0 spiro atoms. The molecular formula is C14H19Cl2N3O. The SMILES string of the molecule is Cc1cc(Cl)cc(Cl)c1CNC(=O)N1CCN(C)CC1. The average Bonchev–Trinajstić information content (AvgIpc) is 2.38. The lowest BCUT2D eigenvalue weighted by Gasteiger charge is -2.32. The van der Waals surface area contributed by atoms with Crippen LogP contribution in [-0.2, 0) is 6.54 Å². The Hall–Kier alpha value is -0.970. The van der Waals surface area contributed by atoms with Gasteiger partial charge in [0, 0.05) is 42.8 Å². The summed E-state index contributed by atoms with van der Waals surface area (Å²) in [5, 5.41) is 4.13. The normalized spacial score (nSPS) is 16.3. The van der Waals surface area contributed by atoms with E-state index in [0.717, 1.165) is 37.3 Å². The predicted molar refractivity (Wildman–Crippen MR) is 82.5 cm³/mol. The molecule has 2 rings (SSSR count). The van der Waals surface area contributed by atoms with Gasteiger partial charge in [-0.3, -0.25) is 0 Å². The van der Waals surface area contributed by atoms with Crippen LogP contribution in [0.5, 0.6) is 0 Å². The van der Waals surface area contributed by atoms with Crippen molar-refractivity contribution in [3.63, 3.8) is 0 Å². The van der Waals surface area contributed by atoms with E-state index >= 15 is 0 Å². The van der Waals surface area contributed by atoms with Crippen LogP contribution in [0.1, 0.15) is 11.1 Å². The number of benzene rings is 1. The number of likely N-dealkylation sites (N-methyl/N-ethyl adjacent to an activating group) is 1. The topological polar surface area (TPSA) is 35.6 Å². The van der Waals surface area contributed by atoms with Crippen LogP contribution in [-0.4, -0.2) is 49.1 Å². The summed E-state index contributed by atoms with van der Waals surface area (Å²) in [4.78, 5) is 16.1. The van der Waals surface area contributed by atoms with Crippen LogP contribution in [0.4, 0.5) is 4.79 Å². The summed E-state index contributed by atoms with van der Waals surface area (Å²) < 4.78 is 0. The minimum Gasteiger partial charge on any atom is -0.334 e. The Kier molecular flexibility index (Phi) is 5.13. The van der Waals surface area contributed by atoms with E-state index in [1.54, 1.807) is 6.07 Å². The van der Waals surface area contributed by atoms with Crippen molar-refractivity contribution in [3.8, 4) is 0 Å². The van der Waals surface area contributed by atoms with Crippen LogP contribution in [0.2, 0.25) is 10.0 Å². The molecule has 1 N–H and O–H groups in total. The van der Waals surface area contributed by atoms with Crippen molar-refractivity contribution < 1.29 is 4.79 Å². The number of piperazine rings is 1. The highest BCUT2D eigenvalue weighted by Gasteiger charge is 2.19. The van der Waals surface area contributed by atoms with Gasteiger partial charge in [0.1, 0.15) is 0 Å². The molecule has 1 aliphatic heterocycles. The van der Waals surface area contributed by atoms with Gasteiger partial charge in [-0.2, -0.15) is 0 Å². The fourth-order valence-corrected chi connectivity index (χ4v) is 2.90. The van der Waals surface area contributed by atoms with E-state index in [2.05, 4.69) is 17.3 Å². The third-order valence-corrected chi connectivity index (χ3v) is 4.15. The van der Waals surface area contributed by atoms with Gasteiger partial charge in [-0.05, 0) is 37.2 Å². The van der Waals surface area contributed by atoms with Crippen molar-refractivity contribution in [2.24, 2.45) is 0 Å². The molecule has 0 atom stereocenters. The predicted octanol–water partition coefficient (Wildman–Crippen LogP) is 2.76. The van der Waals surface area contributed by atoms with Gasteiger partial charge in [-0.15, -0.1) is 0 Å². The zero-order valence-electron chi connectivity index (χ0n) is 11.7. The first-order valence-electron chi connectivity index (χ1n) is 6.63. The second-order valence-corrected chi connectivity index (χ2v) is 5.98. The molecule has 0 unspecified atom stereocenters. The summed E-state index contributed by atoms with van der Waals surface area (Å²) in [5.74, 6) is 0. The highest BCUT2D eigenvalue weighted by molar-refractivity contribution is 6.35. The molecule has 0 aromatic heterocycles. The number of rotatable bonds is 2. The van der Waals surface area contributed by atoms with Gasteiger partial charge in [-0.25, -0.2) is 4.79 Å². The molecule has 110 valence electrons. The van der Waals surface area contributed by atoms with E-state index in [1.165, 1.54) is 0 Å². The fraction of sp³-hybridized carbons (Fsp3) is 0.500. The van der Waals surface area contributed by atoms with Gasteiger partial charge in [0.05, 0.1) is 0 Å². The van der Waals surface area contributed by atoms with Crippen molar-refractivity contribution in [1.82, 2.24) is 15.1 Å². The molecule has 1 aromatic carbocycles. The fourth-order valence-electron chi connectivity index (χ4n) is 2.24. The Morgan fingerprint density at radius 3 is 2.50 bits per heavy atom. The van der Waals surface area contributed by atoms with Crippen LogP contribution in [0, 0.1) is 6.92 Å². The van der Waals surface area contributed by atoms with E-state index in [-0.39, 0.29) is 6.03 Å². The zero-order chi connectivity index (χ0) is 14.7. The average molecular weight is 316 g/mol. The van der Waals surface area contributed by atoms with Crippen LogP contribution < -0.4 is 5.32 Å². The lowest BCUT2D eigenvalue weighted by molar-refractivity contribution is 0.154. The summed E-state index contributed by atoms with van der Waals surface area (Å²) in [6.45, 7) is 5.70. The number of nitrogens with zero attached hydrogens (tertiary/aromatic N) is 2. The molecule has 4 nitrogen and oxygen atoms in total. The monoisotopic (exact) mass is 315 g/mol. The van der Waals surface area contributed by atoms with Crippen LogP contribution in [0.3, 0.4) is 0 Å². The van der Waals surface area contributed by atoms with E-state index in [4.69, 9.17) is 23.2 Å². The molecule has 1 aliphatic rings. The Balaban J connectivity index is 1.94. The molecule has 1 fully saturated rings. The summed E-state index contributed by atoms with van der Waals surface area (Å²) in [6.07, 6.45) is 0. The van der Waals surface area contributed by atoms with E-state index < -0.39 is 0 Å². The van der Waals surface area contributed by atoms with Crippen molar-refractivity contribution in [2.45, 2.75) is 13.5 Å². The summed E-state index contributed by atoms with van der Waals surface area (Å²) in [7, 11) is 2.06. The van der Waals surface area contributed by atoms with E-state index in [9.17, 15) is 4.79 Å². The molecule has 1 saturated heterocycles. The van der Waals surface area contributed by atoms with Gasteiger partial charge < -0.3 is 15.1 Å². The maximum absolute atomic E-state index is 12.1. The Morgan fingerprint density at radius 2 is 1.90 bits per heavy atom. The summed E-state index contributed by atoms with van der Waals surface area (Å²) in [6, 6.07) is 3.52. The van der Waals surface area contributed by atoms with Gasteiger partial charge >= 0.3 is 6.03 Å². The number of hydrogen-bond donors (Lipinski definition) is 1. The number of urea groups is 1. The van der Waals surface area contributed by atoms with Gasteiger partial charge in [-0.1, -0.05) is 23.2 Å². The largest absolute Gasteiger partial charge is 0.334 e. The molecule has 0 bridgehead atoms. The lowest BCUT2D eigenvalue weighted by atomic mass is 10.1. The molecule has 20 heavy (non-hydrogen) atoms. The Morgan fingerprint density at radius 1 is 1.25 bits per heavy atom. The van der Waals surface area contributed by atoms with E-state index in [1.807, 2.05) is 17.9 Å². The maximum atomic E-state index is 12.1. The first-order valence-corrected chi connectivity index (χ1v) is 7.39. The minimum absolute atomic E-state index is 0.0384. The quantitative estimate of drug-likeness (QED) is 0.911. The first-order chi connectivity index (χ1) is 9.47. The van der Waals surface area contributed by atoms with E-state index in [0.29, 0.717) is 16.6 Å². The molecule has 2 amide bonds. The maximum Gasteiger partial charge on any atom is 0.317 e. The van der Waals surface area contributed by atoms with Crippen LogP contribution >= 0.6 is 23.2 Å². The summed E-state index contributed by atoms with van der Waals surface area (Å²) >= 11 is 12.1. The Labute approximate surface area is 129 Å². The highest BCUT2D eigenvalue weighted by Crippen LogP contribution is 2.24. The third kappa shape index (κ3) is 3.78. The van der Waals surface area contributed by atoms with Gasteiger partial charge in [0.15, 0.2) is 0 Å². The molecule has 6 heteroatoms. The zero-order valence-corrected chi connectivity index (χ0v) is 13.3. The number of aryl methyl sites for hydroxylation is 1. The van der Waals surface area contributed by atoms with Crippen molar-refractivity contribution in [1.29, 1.82) is 0 Å². The van der Waals surface area contributed by atoms with Crippen molar-refractivity contribution in [3.05, 3.63) is 33.3 Å². The Bertz CT molecular complexity index is 476. The minimum atomic E-state index is -0.0384. The van der Waals surface area contributed by atoms with Crippen LogP contribution in [0.25, 0.3) is 0 Å². The second-order valence-electron chi connectivity index (χ2n) is 5.13. The second kappa shape index (κ2) is 6.66. The lowest BCUT2D eigenvalue weighted by Crippen LogP contribution is -2.50. The number of hydrogen-bond acceptors (Lipinski definition) is 2. The third-order valence-electron chi connectivity index (χ3n) is 3.59. The van der Waals surface area contributed by atoms with Gasteiger partial charge in [0.2, 0.25) is 0 Å². The standard InChI is InChI=1S/C14H19Cl2N3O/c1-10-7-11(15)8-13(16)12(10)9-17-14(20)19-5-3-18(2)4-6-19/h7-8H,3-6,9H2,1-2H3,(H,17,20).